The summed E-state index contributed by atoms with van der Waals surface area (Å²) in [5, 5.41) is 11.7. The molecule has 7 nitrogen and oxygen atoms in total. The van der Waals surface area contributed by atoms with Gasteiger partial charge < -0.3 is 15.2 Å². The van der Waals surface area contributed by atoms with Crippen molar-refractivity contribution in [3.63, 3.8) is 0 Å². The molecule has 2 heterocycles. The monoisotopic (exact) mass is 404 g/mol. The smallest absolute Gasteiger partial charge is 0.243 e. The van der Waals surface area contributed by atoms with Crippen molar-refractivity contribution in [2.75, 3.05) is 11.9 Å². The lowest BCUT2D eigenvalue weighted by Crippen LogP contribution is -2.33. The van der Waals surface area contributed by atoms with Crippen LogP contribution in [0.3, 0.4) is 0 Å². The van der Waals surface area contributed by atoms with E-state index in [1.165, 1.54) is 11.3 Å². The predicted octanol–water partition coefficient (Wildman–Crippen LogP) is 3.45. The molecule has 0 radical (unpaired) electrons. The molecule has 2 amide bonds. The third kappa shape index (κ3) is 5.15. The summed E-state index contributed by atoms with van der Waals surface area (Å²) >= 11 is 7.53. The van der Waals surface area contributed by atoms with Crippen LogP contribution in [-0.4, -0.2) is 28.5 Å². The van der Waals surface area contributed by atoms with E-state index in [4.69, 9.17) is 16.1 Å². The number of hydrogen-bond donors (Lipinski definition) is 2. The summed E-state index contributed by atoms with van der Waals surface area (Å²) in [4.78, 5) is 29.1. The van der Waals surface area contributed by atoms with Crippen LogP contribution in [-0.2, 0) is 16.0 Å². The fourth-order valence-corrected chi connectivity index (χ4v) is 3.11. The van der Waals surface area contributed by atoms with Crippen molar-refractivity contribution in [3.8, 4) is 10.7 Å². The second-order valence-corrected chi connectivity index (χ2v) is 7.08. The Hall–Kier alpha value is -2.71. The van der Waals surface area contributed by atoms with E-state index < -0.39 is 0 Å². The summed E-state index contributed by atoms with van der Waals surface area (Å²) in [6.07, 6.45) is 0.453. The zero-order valence-corrected chi connectivity index (χ0v) is 16.1. The number of carbonyl (C=O) groups is 2. The number of benzene rings is 1. The van der Waals surface area contributed by atoms with Crippen LogP contribution in [0.1, 0.15) is 17.9 Å². The second-order valence-electron chi connectivity index (χ2n) is 5.73. The fraction of sp³-hybridized carbons (Fsp3) is 0.222. The van der Waals surface area contributed by atoms with Crippen LogP contribution in [0.25, 0.3) is 10.7 Å². The molecule has 9 heteroatoms. The van der Waals surface area contributed by atoms with Crippen LogP contribution in [0.15, 0.2) is 40.2 Å². The molecule has 140 valence electrons. The van der Waals surface area contributed by atoms with Gasteiger partial charge in [-0.2, -0.15) is 4.98 Å². The highest BCUT2D eigenvalue weighted by Gasteiger charge is 2.12. The molecule has 2 N–H and O–H groups in total. The quantitative estimate of drug-likeness (QED) is 0.628. The summed E-state index contributed by atoms with van der Waals surface area (Å²) < 4.78 is 5.14. The normalized spacial score (nSPS) is 10.6. The highest BCUT2D eigenvalue weighted by atomic mass is 35.5. The Bertz CT molecular complexity index is 940. The number of anilines is 1. The Labute approximate surface area is 164 Å². The van der Waals surface area contributed by atoms with Crippen LogP contribution in [0.2, 0.25) is 5.02 Å². The number of amides is 2. The molecule has 0 unspecified atom stereocenters. The number of aromatic nitrogens is 2. The number of hydrogen-bond acceptors (Lipinski definition) is 6. The summed E-state index contributed by atoms with van der Waals surface area (Å²) in [5.41, 5.74) is 1.39. The minimum Gasteiger partial charge on any atom is -0.347 e. The maximum atomic E-state index is 12.0. The lowest BCUT2D eigenvalue weighted by molar-refractivity contribution is -0.124. The number of halogens is 1. The van der Waals surface area contributed by atoms with E-state index in [1.807, 2.05) is 24.4 Å². The van der Waals surface area contributed by atoms with Crippen molar-refractivity contribution in [2.45, 2.75) is 19.8 Å². The first-order valence-electron chi connectivity index (χ1n) is 8.21. The van der Waals surface area contributed by atoms with Crippen molar-refractivity contribution < 1.29 is 14.1 Å². The largest absolute Gasteiger partial charge is 0.347 e. The van der Waals surface area contributed by atoms with Gasteiger partial charge in [-0.05, 0) is 36.1 Å². The van der Waals surface area contributed by atoms with Crippen LogP contribution < -0.4 is 10.6 Å². The number of thiophene rings is 1. The van der Waals surface area contributed by atoms with Gasteiger partial charge in [-0.25, -0.2) is 0 Å². The van der Waals surface area contributed by atoms with E-state index >= 15 is 0 Å². The Balaban J connectivity index is 1.43. The molecular formula is C18H17ClN4O3S. The standard InChI is InChI=1S/C18H17ClN4O3S/c1-11-12(19)4-2-5-13(11)21-16(25)10-20-15(24)7-8-17-22-18(23-26-17)14-6-3-9-27-14/h2-6,9H,7-8,10H2,1H3,(H,20,24)(H,21,25). The van der Waals surface area contributed by atoms with E-state index in [9.17, 15) is 9.59 Å². The molecule has 0 fully saturated rings. The minimum atomic E-state index is -0.327. The Morgan fingerprint density at radius 1 is 1.22 bits per heavy atom. The van der Waals surface area contributed by atoms with Gasteiger partial charge in [0.25, 0.3) is 0 Å². The van der Waals surface area contributed by atoms with Gasteiger partial charge in [0, 0.05) is 23.6 Å². The van der Waals surface area contributed by atoms with Gasteiger partial charge in [0.1, 0.15) is 0 Å². The number of nitrogens with one attached hydrogen (secondary N) is 2. The third-order valence-electron chi connectivity index (χ3n) is 3.76. The number of carbonyl (C=O) groups excluding carboxylic acids is 2. The van der Waals surface area contributed by atoms with Gasteiger partial charge in [-0.3, -0.25) is 9.59 Å². The average Bonchev–Trinajstić information content (AvgIpc) is 3.33. The average molecular weight is 405 g/mol. The summed E-state index contributed by atoms with van der Waals surface area (Å²) in [5.74, 6) is 0.291. The predicted molar refractivity (Wildman–Crippen MR) is 104 cm³/mol. The molecule has 27 heavy (non-hydrogen) atoms. The SMILES string of the molecule is Cc1c(Cl)cccc1NC(=O)CNC(=O)CCc1nc(-c2cccs2)no1. The molecule has 0 spiro atoms. The highest BCUT2D eigenvalue weighted by molar-refractivity contribution is 7.13. The zero-order chi connectivity index (χ0) is 19.2. The lowest BCUT2D eigenvalue weighted by Gasteiger charge is -2.10. The second kappa shape index (κ2) is 8.79. The van der Waals surface area contributed by atoms with Gasteiger partial charge >= 0.3 is 0 Å². The first kappa shape index (κ1) is 19.1. The molecule has 0 aliphatic rings. The van der Waals surface area contributed by atoms with E-state index in [2.05, 4.69) is 20.8 Å². The van der Waals surface area contributed by atoms with Crippen molar-refractivity contribution in [1.82, 2.24) is 15.5 Å². The highest BCUT2D eigenvalue weighted by Crippen LogP contribution is 2.23. The number of rotatable bonds is 7. The van der Waals surface area contributed by atoms with Gasteiger partial charge in [-0.15, -0.1) is 11.3 Å². The minimum absolute atomic E-state index is 0.130. The molecule has 3 rings (SSSR count). The first-order chi connectivity index (χ1) is 13.0. The molecule has 0 atom stereocenters. The lowest BCUT2D eigenvalue weighted by atomic mass is 10.2. The van der Waals surface area contributed by atoms with E-state index in [0.717, 1.165) is 10.4 Å². The molecule has 0 saturated carbocycles. The maximum Gasteiger partial charge on any atom is 0.243 e. The van der Waals surface area contributed by atoms with E-state index in [1.54, 1.807) is 18.2 Å². The van der Waals surface area contributed by atoms with Crippen molar-refractivity contribution in [2.24, 2.45) is 0 Å². The molecule has 0 bridgehead atoms. The van der Waals surface area contributed by atoms with E-state index in [-0.39, 0.29) is 24.8 Å². The topological polar surface area (TPSA) is 97.1 Å². The Morgan fingerprint density at radius 3 is 2.85 bits per heavy atom. The summed E-state index contributed by atoms with van der Waals surface area (Å²) in [7, 11) is 0. The van der Waals surface area contributed by atoms with Crippen molar-refractivity contribution in [1.29, 1.82) is 0 Å². The van der Waals surface area contributed by atoms with Gasteiger partial charge in [-0.1, -0.05) is 28.9 Å². The summed E-state index contributed by atoms with van der Waals surface area (Å²) in [6, 6.07) is 9.04. The third-order valence-corrected chi connectivity index (χ3v) is 5.04. The molecule has 0 aliphatic carbocycles. The fourth-order valence-electron chi connectivity index (χ4n) is 2.29. The van der Waals surface area contributed by atoms with E-state index in [0.29, 0.717) is 28.8 Å². The molecule has 0 saturated heterocycles. The Morgan fingerprint density at radius 2 is 2.07 bits per heavy atom. The van der Waals surface area contributed by atoms with Crippen LogP contribution in [0, 0.1) is 6.92 Å². The van der Waals surface area contributed by atoms with Crippen molar-refractivity contribution in [3.05, 3.63) is 52.2 Å². The number of aryl methyl sites for hydroxylation is 1. The molecule has 2 aromatic heterocycles. The van der Waals surface area contributed by atoms with Crippen molar-refractivity contribution >= 4 is 40.4 Å². The van der Waals surface area contributed by atoms with Crippen LogP contribution in [0.4, 0.5) is 5.69 Å². The van der Waals surface area contributed by atoms with Gasteiger partial charge in [0.15, 0.2) is 0 Å². The summed E-state index contributed by atoms with van der Waals surface area (Å²) in [6.45, 7) is 1.68. The van der Waals surface area contributed by atoms with Gasteiger partial charge in [0.05, 0.1) is 11.4 Å². The maximum absolute atomic E-state index is 12.0. The molecular weight excluding hydrogens is 388 g/mol. The Kier molecular flexibility index (Phi) is 6.20. The van der Waals surface area contributed by atoms with Crippen LogP contribution in [0.5, 0.6) is 0 Å². The molecule has 1 aromatic carbocycles. The zero-order valence-electron chi connectivity index (χ0n) is 14.5. The molecule has 3 aromatic rings. The van der Waals surface area contributed by atoms with Gasteiger partial charge in [0.2, 0.25) is 23.5 Å². The number of nitrogens with zero attached hydrogens (tertiary/aromatic N) is 2. The van der Waals surface area contributed by atoms with Crippen LogP contribution >= 0.6 is 22.9 Å². The molecule has 0 aliphatic heterocycles. The first-order valence-corrected chi connectivity index (χ1v) is 9.47.